The van der Waals surface area contributed by atoms with Crippen LogP contribution in [0, 0.1) is 0 Å². The maximum Gasteiger partial charge on any atom is 0.123 e. The van der Waals surface area contributed by atoms with E-state index in [1.165, 1.54) is 10.5 Å². The van der Waals surface area contributed by atoms with Gasteiger partial charge in [0.2, 0.25) is 0 Å². The van der Waals surface area contributed by atoms with Crippen LogP contribution in [0.5, 0.6) is 5.75 Å². The quantitative estimate of drug-likeness (QED) is 0.801. The van der Waals surface area contributed by atoms with Crippen molar-refractivity contribution in [2.75, 3.05) is 14.2 Å². The van der Waals surface area contributed by atoms with E-state index in [4.69, 9.17) is 16.3 Å². The second-order valence-electron chi connectivity index (χ2n) is 4.42. The van der Waals surface area contributed by atoms with Crippen LogP contribution in [0.1, 0.15) is 11.1 Å². The molecule has 0 fully saturated rings. The molecule has 2 nitrogen and oxygen atoms in total. The Balaban J connectivity index is 2.02. The summed E-state index contributed by atoms with van der Waals surface area (Å²) in [5, 5.41) is 3.89. The molecule has 4 heteroatoms. The van der Waals surface area contributed by atoms with Crippen molar-refractivity contribution in [2.24, 2.45) is 0 Å². The Bertz CT molecular complexity index is 557. The molecule has 0 aliphatic carbocycles. The van der Waals surface area contributed by atoms with E-state index in [9.17, 15) is 0 Å². The summed E-state index contributed by atoms with van der Waals surface area (Å²) in [5.41, 5.74) is 2.40. The van der Waals surface area contributed by atoms with E-state index in [1.54, 1.807) is 18.9 Å². The standard InChI is InChI=1S/C16H18ClNOS/c1-18-10-12-3-6-15(7-4-12)20-11-13-9-14(17)5-8-16(13)19-2/h3-9,18H,10-11H2,1-2H3. The average Bonchev–Trinajstić information content (AvgIpc) is 2.47. The van der Waals surface area contributed by atoms with Crippen molar-refractivity contribution in [3.63, 3.8) is 0 Å². The molecular weight excluding hydrogens is 290 g/mol. The molecule has 0 aliphatic heterocycles. The lowest BCUT2D eigenvalue weighted by molar-refractivity contribution is 0.411. The summed E-state index contributed by atoms with van der Waals surface area (Å²) in [7, 11) is 3.64. The number of halogens is 1. The van der Waals surface area contributed by atoms with Crippen molar-refractivity contribution in [3.8, 4) is 5.75 Å². The molecule has 0 saturated carbocycles. The maximum atomic E-state index is 6.04. The third-order valence-corrected chi connectivity index (χ3v) is 4.24. The number of methoxy groups -OCH3 is 1. The van der Waals surface area contributed by atoms with Gasteiger partial charge in [0.05, 0.1) is 7.11 Å². The number of nitrogens with one attached hydrogen (secondary N) is 1. The highest BCUT2D eigenvalue weighted by Gasteiger charge is 2.05. The van der Waals surface area contributed by atoms with E-state index in [-0.39, 0.29) is 0 Å². The molecule has 2 aromatic carbocycles. The topological polar surface area (TPSA) is 21.3 Å². The molecule has 0 heterocycles. The molecule has 0 amide bonds. The molecule has 0 atom stereocenters. The molecule has 0 aromatic heterocycles. The maximum absolute atomic E-state index is 6.04. The van der Waals surface area contributed by atoms with Gasteiger partial charge in [-0.1, -0.05) is 23.7 Å². The van der Waals surface area contributed by atoms with Crippen LogP contribution in [-0.4, -0.2) is 14.2 Å². The molecule has 0 saturated heterocycles. The molecule has 0 bridgehead atoms. The highest BCUT2D eigenvalue weighted by molar-refractivity contribution is 7.98. The fourth-order valence-corrected chi connectivity index (χ4v) is 3.00. The summed E-state index contributed by atoms with van der Waals surface area (Å²) in [4.78, 5) is 1.24. The van der Waals surface area contributed by atoms with Gasteiger partial charge in [-0.3, -0.25) is 0 Å². The van der Waals surface area contributed by atoms with Crippen LogP contribution in [0.15, 0.2) is 47.4 Å². The van der Waals surface area contributed by atoms with Gasteiger partial charge in [0, 0.05) is 27.8 Å². The average molecular weight is 308 g/mol. The first-order valence-corrected chi connectivity index (χ1v) is 7.78. The van der Waals surface area contributed by atoms with Crippen molar-refractivity contribution in [3.05, 3.63) is 58.6 Å². The number of ether oxygens (including phenoxy) is 1. The minimum absolute atomic E-state index is 0.741. The number of hydrogen-bond acceptors (Lipinski definition) is 3. The van der Waals surface area contributed by atoms with Gasteiger partial charge in [0.1, 0.15) is 5.75 Å². The number of hydrogen-bond donors (Lipinski definition) is 1. The first kappa shape index (κ1) is 15.2. The van der Waals surface area contributed by atoms with E-state index >= 15 is 0 Å². The van der Waals surface area contributed by atoms with E-state index in [0.29, 0.717) is 0 Å². The molecule has 0 radical (unpaired) electrons. The summed E-state index contributed by atoms with van der Waals surface area (Å²) in [6.45, 7) is 0.896. The predicted molar refractivity (Wildman–Crippen MR) is 86.8 cm³/mol. The van der Waals surface area contributed by atoms with Gasteiger partial charge in [0.25, 0.3) is 0 Å². The fourth-order valence-electron chi connectivity index (χ4n) is 1.93. The van der Waals surface area contributed by atoms with Crippen LogP contribution in [0.25, 0.3) is 0 Å². The Morgan fingerprint density at radius 3 is 2.55 bits per heavy atom. The lowest BCUT2D eigenvalue weighted by Crippen LogP contribution is -2.04. The van der Waals surface area contributed by atoms with Crippen LogP contribution >= 0.6 is 23.4 Å². The lowest BCUT2D eigenvalue weighted by Gasteiger charge is -2.09. The van der Waals surface area contributed by atoms with Gasteiger partial charge in [0.15, 0.2) is 0 Å². The zero-order chi connectivity index (χ0) is 14.4. The fraction of sp³-hybridized carbons (Fsp3) is 0.250. The zero-order valence-corrected chi connectivity index (χ0v) is 13.2. The van der Waals surface area contributed by atoms with Crippen molar-refractivity contribution >= 4 is 23.4 Å². The van der Waals surface area contributed by atoms with Gasteiger partial charge >= 0.3 is 0 Å². The van der Waals surface area contributed by atoms with Gasteiger partial charge in [-0.25, -0.2) is 0 Å². The third-order valence-electron chi connectivity index (χ3n) is 2.94. The summed E-state index contributed by atoms with van der Waals surface area (Å²) in [6.07, 6.45) is 0. The SMILES string of the molecule is CNCc1ccc(SCc2cc(Cl)ccc2OC)cc1. The lowest BCUT2D eigenvalue weighted by atomic mass is 10.2. The molecule has 0 spiro atoms. The van der Waals surface area contributed by atoms with Gasteiger partial charge in [-0.15, -0.1) is 11.8 Å². The summed E-state index contributed by atoms with van der Waals surface area (Å²) < 4.78 is 5.36. The Kier molecular flexibility index (Phi) is 5.77. The zero-order valence-electron chi connectivity index (χ0n) is 11.7. The molecule has 1 N–H and O–H groups in total. The smallest absolute Gasteiger partial charge is 0.123 e. The molecule has 2 aromatic rings. The summed E-state index contributed by atoms with van der Waals surface area (Å²) >= 11 is 7.82. The second-order valence-corrected chi connectivity index (χ2v) is 5.90. The first-order valence-electron chi connectivity index (χ1n) is 6.41. The van der Waals surface area contributed by atoms with Crippen molar-refractivity contribution in [1.82, 2.24) is 5.32 Å². The summed E-state index contributed by atoms with van der Waals surface area (Å²) in [5.74, 6) is 1.73. The van der Waals surface area contributed by atoms with Crippen LogP contribution in [-0.2, 0) is 12.3 Å². The van der Waals surface area contributed by atoms with E-state index in [1.807, 2.05) is 25.2 Å². The number of thioether (sulfide) groups is 1. The third kappa shape index (κ3) is 4.17. The van der Waals surface area contributed by atoms with Crippen LogP contribution in [0.2, 0.25) is 5.02 Å². The number of benzene rings is 2. The molecule has 2 rings (SSSR count). The highest BCUT2D eigenvalue weighted by atomic mass is 35.5. The number of rotatable bonds is 6. The Labute approximate surface area is 129 Å². The predicted octanol–water partition coefficient (Wildman–Crippen LogP) is 4.36. The van der Waals surface area contributed by atoms with Gasteiger partial charge in [-0.2, -0.15) is 0 Å². The van der Waals surface area contributed by atoms with Crippen molar-refractivity contribution in [1.29, 1.82) is 0 Å². The van der Waals surface area contributed by atoms with E-state index in [2.05, 4.69) is 29.6 Å². The van der Waals surface area contributed by atoms with E-state index in [0.717, 1.165) is 28.6 Å². The Morgan fingerprint density at radius 2 is 1.90 bits per heavy atom. The minimum Gasteiger partial charge on any atom is -0.496 e. The monoisotopic (exact) mass is 307 g/mol. The van der Waals surface area contributed by atoms with Crippen LogP contribution in [0.3, 0.4) is 0 Å². The summed E-state index contributed by atoms with van der Waals surface area (Å²) in [6, 6.07) is 14.3. The molecule has 20 heavy (non-hydrogen) atoms. The van der Waals surface area contributed by atoms with Crippen molar-refractivity contribution in [2.45, 2.75) is 17.2 Å². The van der Waals surface area contributed by atoms with Crippen LogP contribution < -0.4 is 10.1 Å². The van der Waals surface area contributed by atoms with Gasteiger partial charge in [-0.05, 0) is 42.9 Å². The second kappa shape index (κ2) is 7.58. The highest BCUT2D eigenvalue weighted by Crippen LogP contribution is 2.30. The Hall–Kier alpha value is -1.16. The molecule has 0 aliphatic rings. The van der Waals surface area contributed by atoms with Gasteiger partial charge < -0.3 is 10.1 Å². The molecular formula is C16H18ClNOS. The van der Waals surface area contributed by atoms with E-state index < -0.39 is 0 Å². The van der Waals surface area contributed by atoms with Crippen molar-refractivity contribution < 1.29 is 4.74 Å². The molecule has 106 valence electrons. The normalized spacial score (nSPS) is 10.6. The van der Waals surface area contributed by atoms with Crippen LogP contribution in [0.4, 0.5) is 0 Å². The largest absolute Gasteiger partial charge is 0.496 e. The minimum atomic E-state index is 0.741. The Morgan fingerprint density at radius 1 is 1.15 bits per heavy atom. The molecule has 0 unspecified atom stereocenters. The first-order chi connectivity index (χ1) is 9.72.